The lowest BCUT2D eigenvalue weighted by atomic mass is 10.1. The van der Waals surface area contributed by atoms with E-state index in [2.05, 4.69) is 17.0 Å². The van der Waals surface area contributed by atoms with Crippen molar-refractivity contribution in [2.45, 2.75) is 6.04 Å². The summed E-state index contributed by atoms with van der Waals surface area (Å²) >= 11 is 0. The summed E-state index contributed by atoms with van der Waals surface area (Å²) < 4.78 is 5.03. The van der Waals surface area contributed by atoms with Crippen LogP contribution < -0.4 is 10.6 Å². The summed E-state index contributed by atoms with van der Waals surface area (Å²) in [6.07, 6.45) is 10.3. The molecule has 1 saturated heterocycles. The number of terminal acetylenes is 1. The molecule has 1 aliphatic carbocycles. The van der Waals surface area contributed by atoms with Crippen molar-refractivity contribution in [2.75, 3.05) is 20.7 Å². The Morgan fingerprint density at radius 2 is 2.13 bits per heavy atom. The van der Waals surface area contributed by atoms with Gasteiger partial charge in [0.2, 0.25) is 0 Å². The second-order valence-corrected chi connectivity index (χ2v) is 4.85. The molecule has 0 aromatic rings. The number of methoxy groups -OCH3 is 1. The van der Waals surface area contributed by atoms with E-state index in [9.17, 15) is 14.4 Å². The van der Waals surface area contributed by atoms with Crippen molar-refractivity contribution < 1.29 is 19.1 Å². The van der Waals surface area contributed by atoms with Crippen molar-refractivity contribution in [3.63, 3.8) is 0 Å². The highest BCUT2D eigenvalue weighted by atomic mass is 16.5. The average Bonchev–Trinajstić information content (AvgIpc) is 2.90. The van der Waals surface area contributed by atoms with Crippen molar-refractivity contribution in [1.82, 2.24) is 15.5 Å². The predicted octanol–water partition coefficient (Wildman–Crippen LogP) is -0.162. The van der Waals surface area contributed by atoms with E-state index in [4.69, 9.17) is 11.2 Å². The van der Waals surface area contributed by atoms with Crippen LogP contribution in [-0.2, 0) is 14.3 Å². The normalized spacial score (nSPS) is 21.6. The molecule has 4 amide bonds. The van der Waals surface area contributed by atoms with E-state index in [0.29, 0.717) is 12.3 Å². The molecule has 0 aromatic heterocycles. The highest BCUT2D eigenvalue weighted by Crippen LogP contribution is 2.22. The molecule has 2 heterocycles. The molecule has 118 valence electrons. The Kier molecular flexibility index (Phi) is 4.69. The van der Waals surface area contributed by atoms with Crippen molar-refractivity contribution in [3.05, 3.63) is 40.9 Å². The molecular weight excluding hydrogens is 298 g/mol. The number of ether oxygens (including phenoxy) is 1. The Morgan fingerprint density at radius 3 is 2.65 bits per heavy atom. The lowest BCUT2D eigenvalue weighted by molar-refractivity contribution is -0.124. The Labute approximate surface area is 133 Å². The molecule has 1 fully saturated rings. The molecule has 1 atom stereocenters. The maximum absolute atomic E-state index is 11.6. The van der Waals surface area contributed by atoms with Gasteiger partial charge in [0, 0.05) is 13.6 Å². The van der Waals surface area contributed by atoms with Crippen molar-refractivity contribution in [3.8, 4) is 12.3 Å². The van der Waals surface area contributed by atoms with Crippen LogP contribution >= 0.6 is 0 Å². The molecule has 0 radical (unpaired) electrons. The Hall–Kier alpha value is -3.23. The summed E-state index contributed by atoms with van der Waals surface area (Å²) in [6, 6.07) is -1.31. The number of hydrogen-bond donors (Lipinski definition) is 2. The minimum Gasteiger partial charge on any atom is -0.489 e. The fraction of sp³-hybridized carbons (Fsp3) is 0.250. The van der Waals surface area contributed by atoms with Gasteiger partial charge in [0.1, 0.15) is 0 Å². The summed E-state index contributed by atoms with van der Waals surface area (Å²) in [5, 5.41) is 4.20. The number of nitrogens with zero attached hydrogens (tertiary/aromatic N) is 1. The highest BCUT2D eigenvalue weighted by molar-refractivity contribution is 6.05. The van der Waals surface area contributed by atoms with Gasteiger partial charge in [-0.1, -0.05) is 17.7 Å². The predicted molar refractivity (Wildman–Crippen MR) is 81.7 cm³/mol. The lowest BCUT2D eigenvalue weighted by Crippen LogP contribution is -2.26. The van der Waals surface area contributed by atoms with Gasteiger partial charge >= 0.3 is 6.03 Å². The second kappa shape index (κ2) is 6.69. The molecule has 2 N–H and O–H groups in total. The first kappa shape index (κ1) is 16.1. The molecule has 0 bridgehead atoms. The minimum absolute atomic E-state index is 0.0505. The van der Waals surface area contributed by atoms with Gasteiger partial charge < -0.3 is 15.0 Å². The molecule has 2 aliphatic heterocycles. The van der Waals surface area contributed by atoms with Gasteiger partial charge in [-0.2, -0.15) is 0 Å². The first-order valence-electron chi connectivity index (χ1n) is 6.71. The Bertz CT molecular complexity index is 733. The zero-order chi connectivity index (χ0) is 17.0. The van der Waals surface area contributed by atoms with Crippen molar-refractivity contribution in [2.24, 2.45) is 0 Å². The minimum atomic E-state index is -0.780. The van der Waals surface area contributed by atoms with Crippen LogP contribution in [0.1, 0.15) is 0 Å². The van der Waals surface area contributed by atoms with Crippen LogP contribution in [0.15, 0.2) is 40.9 Å². The van der Waals surface area contributed by atoms with E-state index in [0.717, 1.165) is 11.1 Å². The van der Waals surface area contributed by atoms with Crippen LogP contribution in [0.3, 0.4) is 0 Å². The third-order valence-corrected chi connectivity index (χ3v) is 3.29. The van der Waals surface area contributed by atoms with Crippen LogP contribution in [0, 0.1) is 12.3 Å². The van der Waals surface area contributed by atoms with Crippen LogP contribution in [-0.4, -0.2) is 49.5 Å². The van der Waals surface area contributed by atoms with Gasteiger partial charge in [-0.15, -0.1) is 6.42 Å². The standard InChI is InChI=1S/C11H11NO2.C5H4N2O2/c1-12-7-8-3-4-9(14-2)5-6-10(8)11(12)13;1-2-3-4(8)7-5(9)6-3/h3-4,6H,7H2,1-2H3;1,3H,(H2,6,7,8,9)/t;3-/m.0/s1. The molecule has 23 heavy (non-hydrogen) atoms. The van der Waals surface area contributed by atoms with E-state index in [1.807, 2.05) is 17.5 Å². The molecule has 3 aliphatic rings. The van der Waals surface area contributed by atoms with Crippen LogP contribution in [0.2, 0.25) is 0 Å². The maximum atomic E-state index is 11.6. The van der Waals surface area contributed by atoms with Gasteiger partial charge in [-0.3, -0.25) is 14.9 Å². The van der Waals surface area contributed by atoms with Crippen molar-refractivity contribution in [1.29, 1.82) is 0 Å². The molecular formula is C16H15N3O4. The number of likely N-dealkylation sites (N-methyl/N-ethyl adjacent to an activating group) is 1. The Morgan fingerprint density at radius 1 is 1.39 bits per heavy atom. The van der Waals surface area contributed by atoms with Crippen LogP contribution in [0.4, 0.5) is 4.79 Å². The number of carbonyl (C=O) groups is 3. The fourth-order valence-corrected chi connectivity index (χ4v) is 2.08. The molecule has 7 nitrogen and oxygen atoms in total. The first-order valence-corrected chi connectivity index (χ1v) is 6.71. The average molecular weight is 313 g/mol. The summed E-state index contributed by atoms with van der Waals surface area (Å²) in [5.74, 6) is 2.34. The van der Waals surface area contributed by atoms with Gasteiger partial charge in [0.25, 0.3) is 11.8 Å². The van der Waals surface area contributed by atoms with Crippen LogP contribution in [0.25, 0.3) is 0 Å². The lowest BCUT2D eigenvalue weighted by Gasteiger charge is -2.06. The SMILES string of the molecule is C#C[C@@H]1NC(=O)NC1=O.COC1=C=CC2=C(C=C1)CN(C)C2=O. The number of imide groups is 1. The Balaban J connectivity index is 0.000000185. The van der Waals surface area contributed by atoms with E-state index >= 15 is 0 Å². The van der Waals surface area contributed by atoms with Crippen molar-refractivity contribution >= 4 is 17.8 Å². The summed E-state index contributed by atoms with van der Waals surface area (Å²) in [7, 11) is 3.38. The highest BCUT2D eigenvalue weighted by Gasteiger charge is 2.27. The first-order chi connectivity index (χ1) is 11.0. The quantitative estimate of drug-likeness (QED) is 0.400. The zero-order valence-electron chi connectivity index (χ0n) is 12.7. The number of amides is 4. The number of urea groups is 1. The van der Waals surface area contributed by atoms with E-state index in [1.54, 1.807) is 25.1 Å². The maximum Gasteiger partial charge on any atom is 0.322 e. The van der Waals surface area contributed by atoms with E-state index < -0.39 is 18.0 Å². The summed E-state index contributed by atoms with van der Waals surface area (Å²) in [6.45, 7) is 0.667. The number of rotatable bonds is 1. The molecule has 0 spiro atoms. The summed E-state index contributed by atoms with van der Waals surface area (Å²) in [4.78, 5) is 34.0. The molecule has 7 heteroatoms. The van der Waals surface area contributed by atoms with E-state index in [-0.39, 0.29) is 5.91 Å². The van der Waals surface area contributed by atoms with Gasteiger partial charge in [0.15, 0.2) is 11.8 Å². The fourth-order valence-electron chi connectivity index (χ4n) is 2.08. The second-order valence-electron chi connectivity index (χ2n) is 4.85. The number of carbonyl (C=O) groups excluding carboxylic acids is 3. The molecule has 0 saturated carbocycles. The zero-order valence-corrected chi connectivity index (χ0v) is 12.7. The molecule has 0 unspecified atom stereocenters. The van der Waals surface area contributed by atoms with Crippen LogP contribution in [0.5, 0.6) is 0 Å². The topological polar surface area (TPSA) is 87.7 Å². The molecule has 3 rings (SSSR count). The van der Waals surface area contributed by atoms with E-state index in [1.165, 1.54) is 0 Å². The monoisotopic (exact) mass is 313 g/mol. The largest absolute Gasteiger partial charge is 0.489 e. The van der Waals surface area contributed by atoms with Gasteiger partial charge in [0.05, 0.1) is 12.7 Å². The smallest absolute Gasteiger partial charge is 0.322 e. The van der Waals surface area contributed by atoms with Gasteiger partial charge in [-0.25, -0.2) is 4.79 Å². The van der Waals surface area contributed by atoms with Gasteiger partial charge in [-0.05, 0) is 17.7 Å². The number of hydrogen-bond acceptors (Lipinski definition) is 4. The summed E-state index contributed by atoms with van der Waals surface area (Å²) in [5.41, 5.74) is 4.67. The number of nitrogens with one attached hydrogen (secondary N) is 2. The third-order valence-electron chi connectivity index (χ3n) is 3.29. The third kappa shape index (κ3) is 3.51. The molecule has 0 aromatic carbocycles.